The van der Waals surface area contributed by atoms with Gasteiger partial charge in [0.1, 0.15) is 6.54 Å². The fourth-order valence-electron chi connectivity index (χ4n) is 1.02. The molecule has 0 aliphatic carbocycles. The van der Waals surface area contributed by atoms with Crippen LogP contribution in [0, 0.1) is 0 Å². The molecule has 0 atom stereocenters. The summed E-state index contributed by atoms with van der Waals surface area (Å²) >= 11 is 5.55. The highest BCUT2D eigenvalue weighted by atomic mass is 35.5. The molecule has 0 N–H and O–H groups in total. The number of nitrogens with zero attached hydrogens (tertiary/aromatic N) is 3. The van der Waals surface area contributed by atoms with Gasteiger partial charge in [-0.2, -0.15) is 35.7 Å². The van der Waals surface area contributed by atoms with Crippen molar-refractivity contribution < 1.29 is 26.3 Å². The zero-order valence-corrected chi connectivity index (χ0v) is 10.1. The maximum Gasteiger partial charge on any atom is 0.452 e. The maximum atomic E-state index is 12.2. The van der Waals surface area contributed by atoms with E-state index < -0.39 is 29.9 Å². The van der Waals surface area contributed by atoms with E-state index >= 15 is 0 Å². The van der Waals surface area contributed by atoms with Gasteiger partial charge in [-0.05, 0) is 0 Å². The molecule has 0 aliphatic rings. The largest absolute Gasteiger partial charge is 0.452 e. The molecule has 104 valence electrons. The van der Waals surface area contributed by atoms with Gasteiger partial charge in [-0.15, -0.1) is 11.6 Å². The Morgan fingerprint density at radius 1 is 1.17 bits per heavy atom. The van der Waals surface area contributed by atoms with Crippen molar-refractivity contribution >= 4 is 28.3 Å². The van der Waals surface area contributed by atoms with E-state index in [1.54, 1.807) is 0 Å². The van der Waals surface area contributed by atoms with Crippen LogP contribution in [-0.2, 0) is 6.18 Å². The third-order valence-corrected chi connectivity index (χ3v) is 2.61. The smallest absolute Gasteiger partial charge is 0.337 e. The van der Waals surface area contributed by atoms with Crippen LogP contribution in [0.25, 0.3) is 0 Å². The summed E-state index contributed by atoms with van der Waals surface area (Å²) in [4.78, 5) is 3.65. The SMILES string of the molecule is FC(F)(F)CN(CCCl)c1nc(C(F)(F)F)ns1. The molecule has 0 saturated carbocycles. The molecule has 11 heteroatoms. The number of hydrogen-bond acceptors (Lipinski definition) is 4. The Hall–Kier alpha value is -0.770. The van der Waals surface area contributed by atoms with Crippen molar-refractivity contribution in [2.75, 3.05) is 23.9 Å². The molecule has 0 spiro atoms. The van der Waals surface area contributed by atoms with E-state index in [1.807, 2.05) is 0 Å². The quantitative estimate of drug-likeness (QED) is 0.631. The van der Waals surface area contributed by atoms with E-state index in [9.17, 15) is 26.3 Å². The maximum absolute atomic E-state index is 12.2. The molecule has 0 amide bonds. The van der Waals surface area contributed by atoms with Crippen LogP contribution in [0.1, 0.15) is 5.82 Å². The van der Waals surface area contributed by atoms with Gasteiger partial charge in [0.25, 0.3) is 0 Å². The molecule has 3 nitrogen and oxygen atoms in total. The minimum absolute atomic E-state index is 0.170. The standard InChI is InChI=1S/C7H6ClF6N3S/c8-1-2-17(3-6(9,10)11)5-15-4(16-18-5)7(12,13)14/h1-3H2. The van der Waals surface area contributed by atoms with E-state index in [-0.39, 0.29) is 24.0 Å². The Kier molecular flexibility index (Phi) is 4.65. The summed E-state index contributed by atoms with van der Waals surface area (Å²) in [6, 6.07) is 0. The molecule has 0 aliphatic heterocycles. The van der Waals surface area contributed by atoms with Crippen molar-refractivity contribution in [3.8, 4) is 0 Å². The second-order valence-corrected chi connectivity index (χ2v) is 4.23. The van der Waals surface area contributed by atoms with Crippen LogP contribution in [0.5, 0.6) is 0 Å². The molecule has 0 unspecified atom stereocenters. The van der Waals surface area contributed by atoms with Crippen LogP contribution in [0.2, 0.25) is 0 Å². The first-order chi connectivity index (χ1) is 8.13. The van der Waals surface area contributed by atoms with Gasteiger partial charge in [-0.25, -0.2) is 0 Å². The lowest BCUT2D eigenvalue weighted by molar-refractivity contribution is -0.144. The number of halogens is 7. The predicted octanol–water partition coefficient (Wildman–Crippen LogP) is 3.16. The number of alkyl halides is 7. The first-order valence-electron chi connectivity index (χ1n) is 4.42. The number of anilines is 1. The van der Waals surface area contributed by atoms with Crippen molar-refractivity contribution in [2.45, 2.75) is 12.4 Å². The molecule has 0 aromatic carbocycles. The number of hydrogen-bond donors (Lipinski definition) is 0. The Morgan fingerprint density at radius 2 is 1.78 bits per heavy atom. The van der Waals surface area contributed by atoms with E-state index in [1.165, 1.54) is 0 Å². The van der Waals surface area contributed by atoms with Crippen molar-refractivity contribution in [1.29, 1.82) is 0 Å². The third-order valence-electron chi connectivity index (χ3n) is 1.66. The van der Waals surface area contributed by atoms with Crippen LogP contribution < -0.4 is 4.90 Å². The molecule has 0 radical (unpaired) electrons. The van der Waals surface area contributed by atoms with Crippen molar-refractivity contribution in [1.82, 2.24) is 9.36 Å². The Morgan fingerprint density at radius 3 is 2.17 bits per heavy atom. The van der Waals surface area contributed by atoms with Crippen LogP contribution in [0.4, 0.5) is 31.5 Å². The van der Waals surface area contributed by atoms with Crippen LogP contribution in [0.3, 0.4) is 0 Å². The second-order valence-electron chi connectivity index (χ2n) is 3.12. The predicted molar refractivity (Wildman–Crippen MR) is 53.9 cm³/mol. The summed E-state index contributed by atoms with van der Waals surface area (Å²) in [5, 5.41) is -0.458. The second kappa shape index (κ2) is 5.47. The Balaban J connectivity index is 2.89. The molecular formula is C7H6ClF6N3S. The van der Waals surface area contributed by atoms with Crippen LogP contribution in [-0.4, -0.2) is 34.5 Å². The molecular weight excluding hydrogens is 308 g/mol. The van der Waals surface area contributed by atoms with Gasteiger partial charge >= 0.3 is 12.4 Å². The van der Waals surface area contributed by atoms with Crippen molar-refractivity contribution in [3.05, 3.63) is 5.82 Å². The Bertz CT molecular complexity index is 389. The fraction of sp³-hybridized carbons (Fsp3) is 0.714. The zero-order chi connectivity index (χ0) is 14.0. The van der Waals surface area contributed by atoms with Gasteiger partial charge < -0.3 is 4.90 Å². The van der Waals surface area contributed by atoms with Gasteiger partial charge in [-0.3, -0.25) is 0 Å². The van der Waals surface area contributed by atoms with Crippen LogP contribution >= 0.6 is 23.1 Å². The summed E-state index contributed by atoms with van der Waals surface area (Å²) < 4.78 is 76.2. The van der Waals surface area contributed by atoms with Crippen LogP contribution in [0.15, 0.2) is 0 Å². The molecule has 1 aromatic heterocycles. The van der Waals surface area contributed by atoms with Gasteiger partial charge in [0, 0.05) is 24.0 Å². The normalized spacial score (nSPS) is 12.8. The van der Waals surface area contributed by atoms with Gasteiger partial charge in [-0.1, -0.05) is 0 Å². The van der Waals surface area contributed by atoms with Crippen molar-refractivity contribution in [3.63, 3.8) is 0 Å². The topological polar surface area (TPSA) is 29.0 Å². The highest BCUT2D eigenvalue weighted by Gasteiger charge is 2.38. The average molecular weight is 314 g/mol. The number of aromatic nitrogens is 2. The minimum atomic E-state index is -4.78. The van der Waals surface area contributed by atoms with Gasteiger partial charge in [0.2, 0.25) is 11.0 Å². The minimum Gasteiger partial charge on any atom is -0.337 e. The molecule has 0 fully saturated rings. The van der Waals surface area contributed by atoms with Gasteiger partial charge in [0.15, 0.2) is 0 Å². The zero-order valence-electron chi connectivity index (χ0n) is 8.52. The highest BCUT2D eigenvalue weighted by molar-refractivity contribution is 7.09. The molecule has 0 bridgehead atoms. The summed E-state index contributed by atoms with van der Waals surface area (Å²) in [7, 11) is 0. The first-order valence-corrected chi connectivity index (χ1v) is 5.73. The molecule has 1 rings (SSSR count). The van der Waals surface area contributed by atoms with E-state index in [0.717, 1.165) is 0 Å². The lowest BCUT2D eigenvalue weighted by Crippen LogP contribution is -2.35. The monoisotopic (exact) mass is 313 g/mol. The van der Waals surface area contributed by atoms with Gasteiger partial charge in [0.05, 0.1) is 0 Å². The van der Waals surface area contributed by atoms with E-state index in [2.05, 4.69) is 9.36 Å². The van der Waals surface area contributed by atoms with E-state index in [0.29, 0.717) is 4.90 Å². The number of rotatable bonds is 4. The molecule has 0 saturated heterocycles. The molecule has 18 heavy (non-hydrogen) atoms. The highest BCUT2D eigenvalue weighted by Crippen LogP contribution is 2.31. The lowest BCUT2D eigenvalue weighted by atomic mass is 10.5. The molecule has 1 heterocycles. The first kappa shape index (κ1) is 15.3. The molecule has 1 aromatic rings. The summed E-state index contributed by atoms with van der Waals surface area (Å²) in [6.45, 7) is -1.69. The van der Waals surface area contributed by atoms with E-state index in [4.69, 9.17) is 11.6 Å². The summed E-state index contributed by atoms with van der Waals surface area (Å²) in [6.07, 6.45) is -9.34. The average Bonchev–Trinajstić information content (AvgIpc) is 2.62. The summed E-state index contributed by atoms with van der Waals surface area (Å²) in [5.41, 5.74) is 0. The third kappa shape index (κ3) is 4.48. The lowest BCUT2D eigenvalue weighted by Gasteiger charge is -2.21. The summed E-state index contributed by atoms with van der Waals surface area (Å²) in [5.74, 6) is -1.62. The Labute approximate surface area is 107 Å². The van der Waals surface area contributed by atoms with Crippen molar-refractivity contribution in [2.24, 2.45) is 0 Å². The fourth-order valence-corrected chi connectivity index (χ4v) is 1.93.